The molecule has 0 bridgehead atoms. The number of guanidine groups is 1. The molecule has 1 fully saturated rings. The van der Waals surface area contributed by atoms with Gasteiger partial charge in [-0.3, -0.25) is 4.99 Å². The maximum atomic E-state index is 5.84. The molecule has 4 nitrogen and oxygen atoms in total. The second-order valence-electron chi connectivity index (χ2n) is 5.29. The summed E-state index contributed by atoms with van der Waals surface area (Å²) >= 11 is 0. The summed E-state index contributed by atoms with van der Waals surface area (Å²) in [6.07, 6.45) is 6.15. The monoisotopic (exact) mass is 382 g/mol. The van der Waals surface area contributed by atoms with Crippen molar-refractivity contribution in [1.82, 2.24) is 10.2 Å². The van der Waals surface area contributed by atoms with E-state index in [2.05, 4.69) is 29.1 Å². The van der Waals surface area contributed by atoms with Gasteiger partial charge in [0.05, 0.1) is 0 Å². The van der Waals surface area contributed by atoms with E-state index in [1.807, 2.05) is 0 Å². The predicted octanol–water partition coefficient (Wildman–Crippen LogP) is 2.43. The SMILES string of the molecule is CCCCNC(N)=NCC1CCN(CCC)CC1.I. The molecule has 1 saturated heterocycles. The summed E-state index contributed by atoms with van der Waals surface area (Å²) < 4.78 is 0. The molecule has 1 rings (SSSR count). The Bertz CT molecular complexity index is 238. The van der Waals surface area contributed by atoms with Gasteiger partial charge < -0.3 is 16.0 Å². The molecular weight excluding hydrogens is 351 g/mol. The lowest BCUT2D eigenvalue weighted by Gasteiger charge is -2.30. The molecule has 0 radical (unpaired) electrons. The minimum absolute atomic E-state index is 0. The lowest BCUT2D eigenvalue weighted by atomic mass is 9.97. The van der Waals surface area contributed by atoms with Crippen molar-refractivity contribution in [3.63, 3.8) is 0 Å². The number of piperidine rings is 1. The predicted molar refractivity (Wildman–Crippen MR) is 94.3 cm³/mol. The van der Waals surface area contributed by atoms with E-state index in [1.54, 1.807) is 0 Å². The van der Waals surface area contributed by atoms with Gasteiger partial charge in [-0.05, 0) is 51.2 Å². The third kappa shape index (κ3) is 8.68. The molecule has 0 aromatic rings. The number of nitrogens with zero attached hydrogens (tertiary/aromatic N) is 2. The number of hydrogen-bond donors (Lipinski definition) is 2. The molecule has 0 aromatic carbocycles. The average Bonchev–Trinajstić information content (AvgIpc) is 2.39. The first-order valence-electron chi connectivity index (χ1n) is 7.52. The summed E-state index contributed by atoms with van der Waals surface area (Å²) in [5.74, 6) is 1.35. The molecule has 5 heteroatoms. The van der Waals surface area contributed by atoms with Gasteiger partial charge in [-0.15, -0.1) is 24.0 Å². The molecule has 1 aliphatic rings. The second-order valence-corrected chi connectivity index (χ2v) is 5.29. The molecule has 0 saturated carbocycles. The van der Waals surface area contributed by atoms with Gasteiger partial charge in [-0.25, -0.2) is 0 Å². The van der Waals surface area contributed by atoms with Crippen LogP contribution >= 0.6 is 24.0 Å². The van der Waals surface area contributed by atoms with E-state index >= 15 is 0 Å². The highest BCUT2D eigenvalue weighted by Crippen LogP contribution is 2.17. The Morgan fingerprint density at radius 2 is 1.95 bits per heavy atom. The van der Waals surface area contributed by atoms with E-state index in [-0.39, 0.29) is 24.0 Å². The van der Waals surface area contributed by atoms with Crippen molar-refractivity contribution in [3.05, 3.63) is 0 Å². The van der Waals surface area contributed by atoms with Crippen LogP contribution in [0.25, 0.3) is 0 Å². The molecule has 1 aliphatic heterocycles. The fourth-order valence-corrected chi connectivity index (χ4v) is 2.39. The quantitative estimate of drug-likeness (QED) is 0.308. The van der Waals surface area contributed by atoms with Crippen molar-refractivity contribution in [3.8, 4) is 0 Å². The summed E-state index contributed by atoms with van der Waals surface area (Å²) in [5.41, 5.74) is 5.84. The van der Waals surface area contributed by atoms with Gasteiger partial charge in [0.15, 0.2) is 5.96 Å². The Morgan fingerprint density at radius 1 is 1.26 bits per heavy atom. The second kappa shape index (κ2) is 11.8. The van der Waals surface area contributed by atoms with Crippen LogP contribution in [-0.4, -0.2) is 43.6 Å². The molecule has 19 heavy (non-hydrogen) atoms. The van der Waals surface area contributed by atoms with Gasteiger partial charge in [0.25, 0.3) is 0 Å². The first kappa shape index (κ1) is 19.0. The van der Waals surface area contributed by atoms with Crippen molar-refractivity contribution >= 4 is 29.9 Å². The van der Waals surface area contributed by atoms with Crippen LogP contribution in [-0.2, 0) is 0 Å². The van der Waals surface area contributed by atoms with Crippen LogP contribution in [0.1, 0.15) is 46.0 Å². The van der Waals surface area contributed by atoms with Crippen molar-refractivity contribution in [2.45, 2.75) is 46.0 Å². The fraction of sp³-hybridized carbons (Fsp3) is 0.929. The van der Waals surface area contributed by atoms with Crippen molar-refractivity contribution < 1.29 is 0 Å². The minimum atomic E-state index is 0. The lowest BCUT2D eigenvalue weighted by molar-refractivity contribution is 0.188. The zero-order chi connectivity index (χ0) is 13.2. The molecule has 0 aromatic heterocycles. The zero-order valence-electron chi connectivity index (χ0n) is 12.5. The molecule has 0 unspecified atom stereocenters. The lowest BCUT2D eigenvalue weighted by Crippen LogP contribution is -2.36. The first-order chi connectivity index (χ1) is 8.76. The Balaban J connectivity index is 0.00000324. The molecule has 0 aliphatic carbocycles. The Kier molecular flexibility index (Phi) is 11.7. The average molecular weight is 382 g/mol. The van der Waals surface area contributed by atoms with Gasteiger partial charge in [-0.2, -0.15) is 0 Å². The van der Waals surface area contributed by atoms with E-state index in [9.17, 15) is 0 Å². The van der Waals surface area contributed by atoms with E-state index in [4.69, 9.17) is 5.73 Å². The van der Waals surface area contributed by atoms with Gasteiger partial charge >= 0.3 is 0 Å². The standard InChI is InChI=1S/C14H30N4.HI/c1-3-5-8-16-14(15)17-12-13-6-10-18(9-4-2)11-7-13;/h13H,3-12H2,1-2H3,(H3,15,16,17);1H. The fourth-order valence-electron chi connectivity index (χ4n) is 2.39. The van der Waals surface area contributed by atoms with Crippen LogP contribution < -0.4 is 11.1 Å². The minimum Gasteiger partial charge on any atom is -0.370 e. The molecule has 0 spiro atoms. The maximum Gasteiger partial charge on any atom is 0.188 e. The number of nitrogens with two attached hydrogens (primary N) is 1. The van der Waals surface area contributed by atoms with Gasteiger partial charge in [0.2, 0.25) is 0 Å². The highest BCUT2D eigenvalue weighted by molar-refractivity contribution is 14.0. The van der Waals surface area contributed by atoms with Crippen molar-refractivity contribution in [1.29, 1.82) is 0 Å². The number of hydrogen-bond acceptors (Lipinski definition) is 2. The van der Waals surface area contributed by atoms with E-state index in [0.29, 0.717) is 5.96 Å². The van der Waals surface area contributed by atoms with Gasteiger partial charge in [-0.1, -0.05) is 20.3 Å². The first-order valence-corrected chi connectivity index (χ1v) is 7.52. The van der Waals surface area contributed by atoms with Crippen LogP contribution in [0.3, 0.4) is 0 Å². The molecule has 1 heterocycles. The van der Waals surface area contributed by atoms with Crippen LogP contribution in [0.4, 0.5) is 0 Å². The Labute approximate surface area is 135 Å². The van der Waals surface area contributed by atoms with Crippen LogP contribution in [0.2, 0.25) is 0 Å². The number of unbranched alkanes of at least 4 members (excludes halogenated alkanes) is 1. The molecule has 0 atom stereocenters. The van der Waals surface area contributed by atoms with Gasteiger partial charge in [0.1, 0.15) is 0 Å². The summed E-state index contributed by atoms with van der Waals surface area (Å²) in [4.78, 5) is 7.01. The summed E-state index contributed by atoms with van der Waals surface area (Å²) in [7, 11) is 0. The van der Waals surface area contributed by atoms with Crippen LogP contribution in [0, 0.1) is 5.92 Å². The highest BCUT2D eigenvalue weighted by Gasteiger charge is 2.17. The van der Waals surface area contributed by atoms with Gasteiger partial charge in [0, 0.05) is 13.1 Å². The van der Waals surface area contributed by atoms with Crippen LogP contribution in [0.15, 0.2) is 4.99 Å². The third-order valence-electron chi connectivity index (χ3n) is 3.60. The van der Waals surface area contributed by atoms with Crippen molar-refractivity contribution in [2.24, 2.45) is 16.6 Å². The number of rotatable bonds is 7. The number of aliphatic imine (C=N–C) groups is 1. The van der Waals surface area contributed by atoms with Crippen molar-refractivity contribution in [2.75, 3.05) is 32.7 Å². The Hall–Kier alpha value is -0.0400. The Morgan fingerprint density at radius 3 is 2.53 bits per heavy atom. The maximum absolute atomic E-state index is 5.84. The summed E-state index contributed by atoms with van der Waals surface area (Å²) in [6.45, 7) is 9.98. The normalized spacial score (nSPS) is 18.1. The topological polar surface area (TPSA) is 53.6 Å². The summed E-state index contributed by atoms with van der Waals surface area (Å²) in [5, 5.41) is 3.17. The van der Waals surface area contributed by atoms with Crippen LogP contribution in [0.5, 0.6) is 0 Å². The number of halogens is 1. The zero-order valence-corrected chi connectivity index (χ0v) is 14.9. The largest absolute Gasteiger partial charge is 0.370 e. The molecule has 114 valence electrons. The molecule has 3 N–H and O–H groups in total. The third-order valence-corrected chi connectivity index (χ3v) is 3.60. The molecule has 0 amide bonds. The van der Waals surface area contributed by atoms with E-state index < -0.39 is 0 Å². The summed E-state index contributed by atoms with van der Waals surface area (Å²) in [6, 6.07) is 0. The molecular formula is C14H31IN4. The smallest absolute Gasteiger partial charge is 0.188 e. The van der Waals surface area contributed by atoms with E-state index in [1.165, 1.54) is 45.3 Å². The highest BCUT2D eigenvalue weighted by atomic mass is 127. The number of nitrogens with one attached hydrogen (secondary N) is 1. The van der Waals surface area contributed by atoms with E-state index in [0.717, 1.165) is 25.4 Å². The number of likely N-dealkylation sites (tertiary alicyclic amines) is 1.